The first-order valence-corrected chi connectivity index (χ1v) is 5.70. The van der Waals surface area contributed by atoms with Crippen molar-refractivity contribution in [1.29, 1.82) is 0 Å². The summed E-state index contributed by atoms with van der Waals surface area (Å²) in [6, 6.07) is 0. The highest BCUT2D eigenvalue weighted by molar-refractivity contribution is 9.10. The standard InChI is InChI=1S/C9H12BBrN2O3/c1-2-16-9(15)6-7(10)12-13(8(6)11)4-3-5-14/h14H,2-5H2,1H3. The van der Waals surface area contributed by atoms with Gasteiger partial charge in [-0.1, -0.05) is 0 Å². The van der Waals surface area contributed by atoms with Crippen LogP contribution in [0.1, 0.15) is 23.7 Å². The van der Waals surface area contributed by atoms with Crippen molar-refractivity contribution in [2.75, 3.05) is 13.2 Å². The van der Waals surface area contributed by atoms with Gasteiger partial charge in [0.25, 0.3) is 0 Å². The summed E-state index contributed by atoms with van der Waals surface area (Å²) < 4.78 is 6.86. The fraction of sp³-hybridized carbons (Fsp3) is 0.556. The van der Waals surface area contributed by atoms with E-state index < -0.39 is 5.97 Å². The lowest BCUT2D eigenvalue weighted by molar-refractivity contribution is 0.0526. The second-order valence-electron chi connectivity index (χ2n) is 3.07. The van der Waals surface area contributed by atoms with Crippen LogP contribution in [0.5, 0.6) is 0 Å². The van der Waals surface area contributed by atoms with Crippen molar-refractivity contribution in [3.8, 4) is 0 Å². The van der Waals surface area contributed by atoms with Crippen molar-refractivity contribution in [3.63, 3.8) is 0 Å². The smallest absolute Gasteiger partial charge is 0.341 e. The second-order valence-corrected chi connectivity index (χ2v) is 3.82. The Hall–Kier alpha value is -0.815. The number of aryl methyl sites for hydroxylation is 1. The Morgan fingerprint density at radius 3 is 2.94 bits per heavy atom. The molecule has 0 spiro atoms. The van der Waals surface area contributed by atoms with Crippen molar-refractivity contribution >= 4 is 35.3 Å². The third-order valence-corrected chi connectivity index (χ3v) is 2.73. The maximum atomic E-state index is 11.5. The number of aliphatic hydroxyl groups is 1. The molecule has 86 valence electrons. The maximum absolute atomic E-state index is 11.5. The van der Waals surface area contributed by atoms with E-state index in [0.29, 0.717) is 17.6 Å². The second kappa shape index (κ2) is 6.05. The van der Waals surface area contributed by atoms with Crippen LogP contribution in [-0.4, -0.2) is 41.9 Å². The van der Waals surface area contributed by atoms with Crippen LogP contribution in [-0.2, 0) is 11.3 Å². The third-order valence-electron chi connectivity index (χ3n) is 1.93. The number of hydrogen-bond acceptors (Lipinski definition) is 4. The Morgan fingerprint density at radius 1 is 1.69 bits per heavy atom. The van der Waals surface area contributed by atoms with Gasteiger partial charge in [-0.25, -0.2) is 4.79 Å². The maximum Gasteiger partial charge on any atom is 0.341 e. The number of nitrogens with zero attached hydrogens (tertiary/aromatic N) is 2. The van der Waals surface area contributed by atoms with E-state index in [9.17, 15) is 4.79 Å². The molecule has 0 bridgehead atoms. The molecule has 0 atom stereocenters. The third kappa shape index (κ3) is 2.86. The molecule has 0 aromatic carbocycles. The molecule has 7 heteroatoms. The van der Waals surface area contributed by atoms with Crippen LogP contribution in [0.3, 0.4) is 0 Å². The van der Waals surface area contributed by atoms with Crippen LogP contribution < -0.4 is 5.59 Å². The number of rotatable bonds is 5. The van der Waals surface area contributed by atoms with Gasteiger partial charge in [-0.2, -0.15) is 5.10 Å². The van der Waals surface area contributed by atoms with Gasteiger partial charge in [0.15, 0.2) is 0 Å². The molecule has 1 heterocycles. The van der Waals surface area contributed by atoms with Crippen molar-refractivity contribution in [2.24, 2.45) is 0 Å². The van der Waals surface area contributed by atoms with Gasteiger partial charge in [-0.3, -0.25) is 4.68 Å². The van der Waals surface area contributed by atoms with E-state index in [4.69, 9.17) is 17.7 Å². The van der Waals surface area contributed by atoms with Gasteiger partial charge in [0.05, 0.1) is 6.61 Å². The van der Waals surface area contributed by atoms with Crippen LogP contribution >= 0.6 is 15.9 Å². The van der Waals surface area contributed by atoms with E-state index in [-0.39, 0.29) is 24.4 Å². The highest BCUT2D eigenvalue weighted by atomic mass is 79.9. The van der Waals surface area contributed by atoms with Gasteiger partial charge < -0.3 is 9.84 Å². The summed E-state index contributed by atoms with van der Waals surface area (Å²) in [6.07, 6.45) is 0.544. The molecule has 5 nitrogen and oxygen atoms in total. The van der Waals surface area contributed by atoms with Crippen molar-refractivity contribution in [3.05, 3.63) is 10.2 Å². The normalized spacial score (nSPS) is 10.4. The molecule has 0 saturated carbocycles. The minimum atomic E-state index is -0.498. The zero-order valence-corrected chi connectivity index (χ0v) is 10.5. The summed E-state index contributed by atoms with van der Waals surface area (Å²) >= 11 is 3.24. The lowest BCUT2D eigenvalue weighted by Gasteiger charge is -2.02. The van der Waals surface area contributed by atoms with E-state index in [1.165, 1.54) is 4.68 Å². The minimum Gasteiger partial charge on any atom is -0.462 e. The average Bonchev–Trinajstić information content (AvgIpc) is 2.51. The molecule has 1 N–H and O–H groups in total. The van der Waals surface area contributed by atoms with Crippen molar-refractivity contribution in [1.82, 2.24) is 9.78 Å². The summed E-state index contributed by atoms with van der Waals surface area (Å²) in [6.45, 7) is 2.55. The predicted molar refractivity (Wildman–Crippen MR) is 63.0 cm³/mol. The summed E-state index contributed by atoms with van der Waals surface area (Å²) in [4.78, 5) is 11.5. The van der Waals surface area contributed by atoms with E-state index in [1.54, 1.807) is 6.92 Å². The Morgan fingerprint density at radius 2 is 2.38 bits per heavy atom. The van der Waals surface area contributed by atoms with Gasteiger partial charge in [-0.15, -0.1) is 0 Å². The highest BCUT2D eigenvalue weighted by Crippen LogP contribution is 2.15. The molecule has 16 heavy (non-hydrogen) atoms. The molecule has 0 saturated heterocycles. The number of carbonyl (C=O) groups excluding carboxylic acids is 1. The first-order chi connectivity index (χ1) is 7.61. The molecule has 0 unspecified atom stereocenters. The summed E-state index contributed by atoms with van der Waals surface area (Å²) in [5.74, 6) is -0.498. The topological polar surface area (TPSA) is 64.3 Å². The van der Waals surface area contributed by atoms with Crippen molar-refractivity contribution < 1.29 is 14.6 Å². The number of halogens is 1. The number of carbonyl (C=O) groups is 1. The number of aromatic nitrogens is 2. The molecule has 1 aromatic rings. The fourth-order valence-corrected chi connectivity index (χ4v) is 1.84. The Bertz CT molecular complexity index is 381. The van der Waals surface area contributed by atoms with Crippen LogP contribution in [0.4, 0.5) is 0 Å². The monoisotopic (exact) mass is 286 g/mol. The van der Waals surface area contributed by atoms with Crippen LogP contribution in [0.15, 0.2) is 4.60 Å². The zero-order valence-electron chi connectivity index (χ0n) is 8.94. The SMILES string of the molecule is [B]c1nn(CCCO)c(Br)c1C(=O)OCC. The average molecular weight is 287 g/mol. The number of ether oxygens (including phenoxy) is 1. The van der Waals surface area contributed by atoms with Gasteiger partial charge in [-0.05, 0) is 29.3 Å². The first kappa shape index (κ1) is 13.3. The summed E-state index contributed by atoms with van der Waals surface area (Å²) in [5, 5.41) is 12.7. The Labute approximate surface area is 103 Å². The van der Waals surface area contributed by atoms with E-state index in [1.807, 2.05) is 0 Å². The van der Waals surface area contributed by atoms with Crippen LogP contribution in [0, 0.1) is 0 Å². The van der Waals surface area contributed by atoms with Crippen molar-refractivity contribution in [2.45, 2.75) is 19.9 Å². The number of aliphatic hydroxyl groups excluding tert-OH is 1. The predicted octanol–water partition coefficient (Wildman–Crippen LogP) is -0.00150. The molecular formula is C9H12BBrN2O3. The summed E-state index contributed by atoms with van der Waals surface area (Å²) in [7, 11) is 5.62. The van der Waals surface area contributed by atoms with Crippen LogP contribution in [0.2, 0.25) is 0 Å². The molecule has 0 aliphatic rings. The minimum absolute atomic E-state index is 0.0565. The molecule has 0 aliphatic heterocycles. The van der Waals surface area contributed by atoms with Gasteiger partial charge in [0.2, 0.25) is 0 Å². The molecule has 0 amide bonds. The molecule has 2 radical (unpaired) electrons. The highest BCUT2D eigenvalue weighted by Gasteiger charge is 2.19. The molecule has 1 rings (SSSR count). The lowest BCUT2D eigenvalue weighted by atomic mass is 10.0. The Kier molecular flexibility index (Phi) is 5.01. The van der Waals surface area contributed by atoms with Gasteiger partial charge >= 0.3 is 5.97 Å². The molecule has 0 aliphatic carbocycles. The molecular weight excluding hydrogens is 275 g/mol. The van der Waals surface area contributed by atoms with Gasteiger partial charge in [0, 0.05) is 18.7 Å². The Balaban J connectivity index is 2.92. The summed E-state index contributed by atoms with van der Waals surface area (Å²) in [5.41, 5.74) is 0.364. The molecule has 1 aromatic heterocycles. The first-order valence-electron chi connectivity index (χ1n) is 4.91. The number of esters is 1. The largest absolute Gasteiger partial charge is 0.462 e. The van der Waals surface area contributed by atoms with E-state index in [2.05, 4.69) is 21.0 Å². The van der Waals surface area contributed by atoms with E-state index >= 15 is 0 Å². The van der Waals surface area contributed by atoms with Gasteiger partial charge in [0.1, 0.15) is 18.0 Å². The van der Waals surface area contributed by atoms with Crippen LogP contribution in [0.25, 0.3) is 0 Å². The quantitative estimate of drug-likeness (QED) is 0.611. The zero-order chi connectivity index (χ0) is 12.1. The lowest BCUT2D eigenvalue weighted by Crippen LogP contribution is -2.17. The molecule has 0 fully saturated rings. The fourth-order valence-electron chi connectivity index (χ4n) is 1.22. The number of hydrogen-bond donors (Lipinski definition) is 1. The van der Waals surface area contributed by atoms with E-state index in [0.717, 1.165) is 0 Å².